The minimum Gasteiger partial charge on any atom is -0.335 e. The molecule has 2 amide bonds. The zero-order chi connectivity index (χ0) is 18.0. The molecule has 0 radical (unpaired) electrons. The molecule has 0 aromatic heterocycles. The summed E-state index contributed by atoms with van der Waals surface area (Å²) < 4.78 is 0. The lowest BCUT2D eigenvalue weighted by Crippen LogP contribution is -2.40. The Bertz CT molecular complexity index is 813. The highest BCUT2D eigenvalue weighted by molar-refractivity contribution is 5.92. The number of hydrogen-bond acceptors (Lipinski definition) is 2. The van der Waals surface area contributed by atoms with E-state index in [1.165, 1.54) is 5.56 Å². The molecule has 4 nitrogen and oxygen atoms in total. The van der Waals surface area contributed by atoms with Crippen LogP contribution in [-0.2, 0) is 16.0 Å². The molecule has 0 bridgehead atoms. The molecule has 130 valence electrons. The Morgan fingerprint density at radius 1 is 1.16 bits per heavy atom. The van der Waals surface area contributed by atoms with Gasteiger partial charge in [0.25, 0.3) is 0 Å². The quantitative estimate of drug-likeness (QED) is 0.927. The largest absolute Gasteiger partial charge is 0.335 e. The maximum absolute atomic E-state index is 12.7. The third kappa shape index (κ3) is 3.73. The normalized spacial score (nSPS) is 16.3. The molecule has 3 rings (SSSR count). The molecule has 1 heterocycles. The van der Waals surface area contributed by atoms with Gasteiger partial charge in [-0.1, -0.05) is 36.4 Å². The summed E-state index contributed by atoms with van der Waals surface area (Å²) in [7, 11) is 0. The number of rotatable bonds is 3. The smallest absolute Gasteiger partial charge is 0.226 e. The molecule has 0 saturated heterocycles. The second kappa shape index (κ2) is 7.09. The zero-order valence-electron chi connectivity index (χ0n) is 15.0. The van der Waals surface area contributed by atoms with Crippen molar-refractivity contribution < 1.29 is 9.59 Å². The number of benzene rings is 2. The predicted molar refractivity (Wildman–Crippen MR) is 99.4 cm³/mol. The first-order valence-electron chi connectivity index (χ1n) is 8.68. The SMILES string of the molecule is CC(=O)N1CCc2ccccc2C1CC(=O)Nc1cc(C)ccc1C. The van der Waals surface area contributed by atoms with Gasteiger partial charge in [0, 0.05) is 19.2 Å². The predicted octanol–water partition coefficient (Wildman–Crippen LogP) is 3.78. The van der Waals surface area contributed by atoms with E-state index in [1.807, 2.05) is 55.1 Å². The van der Waals surface area contributed by atoms with E-state index < -0.39 is 0 Å². The Hall–Kier alpha value is -2.62. The lowest BCUT2D eigenvalue weighted by atomic mass is 9.90. The van der Waals surface area contributed by atoms with Crippen LogP contribution >= 0.6 is 0 Å². The van der Waals surface area contributed by atoms with Gasteiger partial charge in [-0.15, -0.1) is 0 Å². The minimum absolute atomic E-state index is 0.0130. The van der Waals surface area contributed by atoms with Crippen molar-refractivity contribution in [3.63, 3.8) is 0 Å². The van der Waals surface area contributed by atoms with Gasteiger partial charge in [0.1, 0.15) is 0 Å². The third-order valence-corrected chi connectivity index (χ3v) is 4.86. The average molecular weight is 336 g/mol. The lowest BCUT2D eigenvalue weighted by Gasteiger charge is -2.36. The number of nitrogens with one attached hydrogen (secondary N) is 1. The van der Waals surface area contributed by atoms with Crippen LogP contribution in [0.4, 0.5) is 5.69 Å². The van der Waals surface area contributed by atoms with Crippen molar-refractivity contribution in [2.24, 2.45) is 0 Å². The summed E-state index contributed by atoms with van der Waals surface area (Å²) in [6, 6.07) is 13.9. The van der Waals surface area contributed by atoms with E-state index >= 15 is 0 Å². The van der Waals surface area contributed by atoms with Gasteiger partial charge in [-0.2, -0.15) is 0 Å². The van der Waals surface area contributed by atoms with Gasteiger partial charge >= 0.3 is 0 Å². The van der Waals surface area contributed by atoms with Crippen LogP contribution in [0.15, 0.2) is 42.5 Å². The minimum atomic E-state index is -0.201. The van der Waals surface area contributed by atoms with E-state index in [2.05, 4.69) is 11.4 Å². The highest BCUT2D eigenvalue weighted by Gasteiger charge is 2.30. The average Bonchev–Trinajstić information content (AvgIpc) is 2.58. The number of nitrogens with zero attached hydrogens (tertiary/aromatic N) is 1. The molecule has 4 heteroatoms. The number of carbonyl (C=O) groups is 2. The molecule has 0 saturated carbocycles. The Labute approximate surface area is 148 Å². The van der Waals surface area contributed by atoms with E-state index in [9.17, 15) is 9.59 Å². The summed E-state index contributed by atoms with van der Waals surface area (Å²) in [5.41, 5.74) is 5.29. The highest BCUT2D eigenvalue weighted by atomic mass is 16.2. The van der Waals surface area contributed by atoms with Crippen LogP contribution in [0.5, 0.6) is 0 Å². The number of hydrogen-bond donors (Lipinski definition) is 1. The van der Waals surface area contributed by atoms with Gasteiger partial charge in [-0.05, 0) is 48.6 Å². The molecule has 25 heavy (non-hydrogen) atoms. The maximum Gasteiger partial charge on any atom is 0.226 e. The lowest BCUT2D eigenvalue weighted by molar-refractivity contribution is -0.132. The Balaban J connectivity index is 1.82. The Kier molecular flexibility index (Phi) is 4.88. The fourth-order valence-electron chi connectivity index (χ4n) is 3.50. The monoisotopic (exact) mass is 336 g/mol. The molecule has 2 aromatic carbocycles. The highest BCUT2D eigenvalue weighted by Crippen LogP contribution is 2.32. The summed E-state index contributed by atoms with van der Waals surface area (Å²) in [6.07, 6.45) is 1.11. The fraction of sp³-hybridized carbons (Fsp3) is 0.333. The second-order valence-corrected chi connectivity index (χ2v) is 6.75. The Morgan fingerprint density at radius 3 is 2.68 bits per heavy atom. The van der Waals surface area contributed by atoms with Crippen LogP contribution in [0.2, 0.25) is 0 Å². The van der Waals surface area contributed by atoms with Gasteiger partial charge < -0.3 is 10.2 Å². The van der Waals surface area contributed by atoms with Crippen LogP contribution in [0.25, 0.3) is 0 Å². The molecular weight excluding hydrogens is 312 g/mol. The fourth-order valence-corrected chi connectivity index (χ4v) is 3.50. The number of aryl methyl sites for hydroxylation is 2. The van der Waals surface area contributed by atoms with Crippen molar-refractivity contribution >= 4 is 17.5 Å². The van der Waals surface area contributed by atoms with Gasteiger partial charge in [-0.3, -0.25) is 9.59 Å². The summed E-state index contributed by atoms with van der Waals surface area (Å²) in [5, 5.41) is 3.01. The van der Waals surface area contributed by atoms with Crippen molar-refractivity contribution in [2.45, 2.75) is 39.7 Å². The van der Waals surface area contributed by atoms with Crippen LogP contribution in [0, 0.1) is 13.8 Å². The second-order valence-electron chi connectivity index (χ2n) is 6.75. The van der Waals surface area contributed by atoms with Crippen molar-refractivity contribution in [2.75, 3.05) is 11.9 Å². The topological polar surface area (TPSA) is 49.4 Å². The van der Waals surface area contributed by atoms with Crippen LogP contribution in [0.3, 0.4) is 0 Å². The van der Waals surface area contributed by atoms with E-state index in [-0.39, 0.29) is 24.3 Å². The maximum atomic E-state index is 12.7. The standard InChI is InChI=1S/C21H24N2O2/c1-14-8-9-15(2)19(12-14)22-21(25)13-20-18-7-5-4-6-17(18)10-11-23(20)16(3)24/h4-9,12,20H,10-11,13H2,1-3H3,(H,22,25). The van der Waals surface area contributed by atoms with E-state index in [0.717, 1.165) is 28.8 Å². The van der Waals surface area contributed by atoms with Gasteiger partial charge in [-0.25, -0.2) is 0 Å². The molecule has 1 unspecified atom stereocenters. The molecular formula is C21H24N2O2. The van der Waals surface area contributed by atoms with Crippen LogP contribution in [0.1, 0.15) is 41.6 Å². The zero-order valence-corrected chi connectivity index (χ0v) is 15.0. The third-order valence-electron chi connectivity index (χ3n) is 4.86. The molecule has 1 N–H and O–H groups in total. The molecule has 0 aliphatic carbocycles. The van der Waals surface area contributed by atoms with Crippen molar-refractivity contribution in [1.82, 2.24) is 4.90 Å². The van der Waals surface area contributed by atoms with Gasteiger partial charge in [0.2, 0.25) is 11.8 Å². The molecule has 0 fully saturated rings. The van der Waals surface area contributed by atoms with E-state index in [4.69, 9.17) is 0 Å². The Morgan fingerprint density at radius 2 is 1.92 bits per heavy atom. The summed E-state index contributed by atoms with van der Waals surface area (Å²) >= 11 is 0. The molecule has 2 aromatic rings. The number of carbonyl (C=O) groups excluding carboxylic acids is 2. The van der Waals surface area contributed by atoms with Crippen LogP contribution < -0.4 is 5.32 Å². The number of amides is 2. The molecule has 0 spiro atoms. The summed E-state index contributed by atoms with van der Waals surface area (Å²) in [6.45, 7) is 6.22. The van der Waals surface area contributed by atoms with Crippen LogP contribution in [-0.4, -0.2) is 23.3 Å². The molecule has 1 atom stereocenters. The first kappa shape index (κ1) is 17.2. The van der Waals surface area contributed by atoms with E-state index in [0.29, 0.717) is 6.54 Å². The van der Waals surface area contributed by atoms with Gasteiger partial charge in [0.15, 0.2) is 0 Å². The first-order valence-corrected chi connectivity index (χ1v) is 8.68. The first-order chi connectivity index (χ1) is 12.0. The van der Waals surface area contributed by atoms with Crippen molar-refractivity contribution in [1.29, 1.82) is 0 Å². The molecule has 1 aliphatic rings. The number of fused-ring (bicyclic) bond motifs is 1. The van der Waals surface area contributed by atoms with Crippen molar-refractivity contribution in [3.8, 4) is 0 Å². The number of anilines is 1. The molecule has 1 aliphatic heterocycles. The van der Waals surface area contributed by atoms with Crippen molar-refractivity contribution in [3.05, 3.63) is 64.7 Å². The summed E-state index contributed by atoms with van der Waals surface area (Å²) in [4.78, 5) is 26.5. The van der Waals surface area contributed by atoms with E-state index in [1.54, 1.807) is 6.92 Å². The van der Waals surface area contributed by atoms with Gasteiger partial charge in [0.05, 0.1) is 12.5 Å². The summed E-state index contributed by atoms with van der Waals surface area (Å²) in [5.74, 6) is -0.0549.